The lowest BCUT2D eigenvalue weighted by atomic mass is 9.93. The monoisotopic (exact) mass is 339 g/mol. The van der Waals surface area contributed by atoms with Crippen LogP contribution in [0, 0.1) is 6.92 Å². The molecule has 1 unspecified atom stereocenters. The third-order valence-electron chi connectivity index (χ3n) is 5.05. The summed E-state index contributed by atoms with van der Waals surface area (Å²) in [5, 5.41) is 13.0. The van der Waals surface area contributed by atoms with E-state index in [0.717, 1.165) is 36.2 Å². The summed E-state index contributed by atoms with van der Waals surface area (Å²) in [6.07, 6.45) is 4.46. The molecule has 0 saturated carbocycles. The van der Waals surface area contributed by atoms with E-state index in [1.807, 2.05) is 31.3 Å². The van der Waals surface area contributed by atoms with E-state index in [4.69, 9.17) is 0 Å². The van der Waals surface area contributed by atoms with Crippen molar-refractivity contribution in [2.24, 2.45) is 0 Å². The van der Waals surface area contributed by atoms with Gasteiger partial charge in [-0.25, -0.2) is 4.79 Å². The Morgan fingerprint density at radius 3 is 3.08 bits per heavy atom. The van der Waals surface area contributed by atoms with Gasteiger partial charge in [0.2, 0.25) is 0 Å². The van der Waals surface area contributed by atoms with Crippen LogP contribution in [-0.4, -0.2) is 41.3 Å². The van der Waals surface area contributed by atoms with E-state index in [2.05, 4.69) is 20.8 Å². The molecule has 1 atom stereocenters. The number of hydrogen-bond donors (Lipinski definition) is 3. The number of aromatic amines is 1. The number of carbonyl (C=O) groups is 2. The number of hydrogen-bond acceptors (Lipinski definition) is 3. The Kier molecular flexibility index (Phi) is 3.91. The van der Waals surface area contributed by atoms with Gasteiger partial charge in [0.25, 0.3) is 5.91 Å². The summed E-state index contributed by atoms with van der Waals surface area (Å²) in [5.41, 5.74) is 4.59. The maximum Gasteiger partial charge on any atom is 0.322 e. The van der Waals surface area contributed by atoms with Crippen molar-refractivity contribution in [1.29, 1.82) is 0 Å². The number of amides is 3. The fourth-order valence-corrected chi connectivity index (χ4v) is 3.66. The number of fused-ring (bicyclic) bond motifs is 1. The molecule has 0 spiro atoms. The SMILES string of the molecule is Cc1c(C(=O)NC2CCc3cn[nH]c3C2)cccc1N1CCNC1=O. The number of nitrogens with one attached hydrogen (secondary N) is 3. The molecule has 7 nitrogen and oxygen atoms in total. The van der Waals surface area contributed by atoms with Crippen molar-refractivity contribution < 1.29 is 9.59 Å². The van der Waals surface area contributed by atoms with Gasteiger partial charge in [-0.3, -0.25) is 14.8 Å². The second-order valence-electron chi connectivity index (χ2n) is 6.62. The van der Waals surface area contributed by atoms with Crippen LogP contribution in [0.1, 0.15) is 33.6 Å². The van der Waals surface area contributed by atoms with E-state index in [0.29, 0.717) is 18.7 Å². The van der Waals surface area contributed by atoms with Gasteiger partial charge in [0.1, 0.15) is 0 Å². The zero-order chi connectivity index (χ0) is 17.4. The van der Waals surface area contributed by atoms with E-state index in [1.165, 1.54) is 5.56 Å². The standard InChI is InChI=1S/C18H21N5O2/c1-11-14(3-2-4-16(11)23-8-7-19-18(23)25)17(24)21-13-6-5-12-10-20-22-15(12)9-13/h2-4,10,13H,5-9H2,1H3,(H,19,25)(H,20,22)(H,21,24). The molecule has 1 aromatic carbocycles. The van der Waals surface area contributed by atoms with Crippen molar-refractivity contribution in [3.63, 3.8) is 0 Å². The predicted molar refractivity (Wildman–Crippen MR) is 93.8 cm³/mol. The summed E-state index contributed by atoms with van der Waals surface area (Å²) < 4.78 is 0. The van der Waals surface area contributed by atoms with Crippen LogP contribution in [0.15, 0.2) is 24.4 Å². The number of rotatable bonds is 3. The van der Waals surface area contributed by atoms with Crippen molar-refractivity contribution in [2.45, 2.75) is 32.2 Å². The number of aromatic nitrogens is 2. The zero-order valence-corrected chi connectivity index (χ0v) is 14.1. The Bertz CT molecular complexity index is 829. The average molecular weight is 339 g/mol. The van der Waals surface area contributed by atoms with Gasteiger partial charge in [-0.05, 0) is 43.0 Å². The molecule has 2 aliphatic rings. The first kappa shape index (κ1) is 15.7. The van der Waals surface area contributed by atoms with Gasteiger partial charge in [0.15, 0.2) is 0 Å². The van der Waals surface area contributed by atoms with Crippen molar-refractivity contribution in [2.75, 3.05) is 18.0 Å². The lowest BCUT2D eigenvalue weighted by Crippen LogP contribution is -2.39. The molecule has 1 saturated heterocycles. The number of nitrogens with zero attached hydrogens (tertiary/aromatic N) is 2. The molecule has 3 N–H and O–H groups in total. The molecule has 3 amide bonds. The van der Waals surface area contributed by atoms with Crippen LogP contribution in [0.2, 0.25) is 0 Å². The molecule has 1 aliphatic heterocycles. The molecule has 25 heavy (non-hydrogen) atoms. The molecule has 0 bridgehead atoms. The fraction of sp³-hybridized carbons (Fsp3) is 0.389. The van der Waals surface area contributed by atoms with Crippen LogP contribution in [-0.2, 0) is 12.8 Å². The zero-order valence-electron chi connectivity index (χ0n) is 14.1. The molecule has 1 fully saturated rings. The van der Waals surface area contributed by atoms with Gasteiger partial charge in [-0.2, -0.15) is 5.10 Å². The third-order valence-corrected chi connectivity index (χ3v) is 5.05. The van der Waals surface area contributed by atoms with Crippen LogP contribution in [0.3, 0.4) is 0 Å². The van der Waals surface area contributed by atoms with Gasteiger partial charge >= 0.3 is 6.03 Å². The van der Waals surface area contributed by atoms with Crippen LogP contribution in [0.5, 0.6) is 0 Å². The van der Waals surface area contributed by atoms with E-state index in [9.17, 15) is 9.59 Å². The van der Waals surface area contributed by atoms with Crippen molar-refractivity contribution >= 4 is 17.6 Å². The van der Waals surface area contributed by atoms with Crippen LogP contribution >= 0.6 is 0 Å². The van der Waals surface area contributed by atoms with Gasteiger partial charge in [-0.1, -0.05) is 6.07 Å². The van der Waals surface area contributed by atoms with Gasteiger partial charge in [0.05, 0.1) is 6.20 Å². The average Bonchev–Trinajstić information content (AvgIpc) is 3.23. The summed E-state index contributed by atoms with van der Waals surface area (Å²) in [7, 11) is 0. The van der Waals surface area contributed by atoms with Gasteiger partial charge < -0.3 is 10.6 Å². The van der Waals surface area contributed by atoms with E-state index < -0.39 is 0 Å². The second kappa shape index (κ2) is 6.23. The molecule has 7 heteroatoms. The first-order chi connectivity index (χ1) is 12.1. The molecule has 0 radical (unpaired) electrons. The summed E-state index contributed by atoms with van der Waals surface area (Å²) >= 11 is 0. The molecule has 1 aliphatic carbocycles. The Morgan fingerprint density at radius 2 is 2.28 bits per heavy atom. The highest BCUT2D eigenvalue weighted by atomic mass is 16.2. The minimum atomic E-state index is -0.111. The van der Waals surface area contributed by atoms with Crippen molar-refractivity contribution in [3.8, 4) is 0 Å². The van der Waals surface area contributed by atoms with Crippen LogP contribution in [0.25, 0.3) is 0 Å². The van der Waals surface area contributed by atoms with Gasteiger partial charge in [0, 0.05) is 42.5 Å². The normalized spacial score (nSPS) is 19.5. The lowest BCUT2D eigenvalue weighted by Gasteiger charge is -2.24. The maximum atomic E-state index is 12.8. The number of anilines is 1. The second-order valence-corrected chi connectivity index (χ2v) is 6.62. The summed E-state index contributed by atoms with van der Waals surface area (Å²) in [4.78, 5) is 26.4. The highest BCUT2D eigenvalue weighted by Gasteiger charge is 2.26. The molecular formula is C18H21N5O2. The van der Waals surface area contributed by atoms with Crippen LogP contribution in [0.4, 0.5) is 10.5 Å². The number of benzene rings is 1. The molecule has 2 aromatic rings. The Morgan fingerprint density at radius 1 is 1.40 bits per heavy atom. The van der Waals surface area contributed by atoms with Crippen molar-refractivity contribution in [3.05, 3.63) is 46.8 Å². The Hall–Kier alpha value is -2.83. The molecule has 1 aromatic heterocycles. The largest absolute Gasteiger partial charge is 0.349 e. The highest BCUT2D eigenvalue weighted by Crippen LogP contribution is 2.25. The highest BCUT2D eigenvalue weighted by molar-refractivity contribution is 6.00. The number of carbonyl (C=O) groups excluding carboxylic acids is 2. The Balaban J connectivity index is 1.52. The molecule has 4 rings (SSSR count). The first-order valence-corrected chi connectivity index (χ1v) is 8.60. The lowest BCUT2D eigenvalue weighted by molar-refractivity contribution is 0.0933. The third kappa shape index (κ3) is 2.86. The quantitative estimate of drug-likeness (QED) is 0.792. The van der Waals surface area contributed by atoms with E-state index >= 15 is 0 Å². The minimum Gasteiger partial charge on any atom is -0.349 e. The smallest absolute Gasteiger partial charge is 0.322 e. The predicted octanol–water partition coefficient (Wildman–Crippen LogP) is 1.54. The van der Waals surface area contributed by atoms with Gasteiger partial charge in [-0.15, -0.1) is 0 Å². The number of aryl methyl sites for hydroxylation is 1. The molecule has 2 heterocycles. The maximum absolute atomic E-state index is 12.8. The van der Waals surface area contributed by atoms with Crippen molar-refractivity contribution in [1.82, 2.24) is 20.8 Å². The summed E-state index contributed by atoms with van der Waals surface area (Å²) in [6.45, 7) is 3.14. The minimum absolute atomic E-state index is 0.0908. The topological polar surface area (TPSA) is 90.1 Å². The summed E-state index contributed by atoms with van der Waals surface area (Å²) in [5.74, 6) is -0.0908. The van der Waals surface area contributed by atoms with Crippen LogP contribution < -0.4 is 15.5 Å². The summed E-state index contributed by atoms with van der Waals surface area (Å²) in [6, 6.07) is 5.51. The number of urea groups is 1. The van der Waals surface area contributed by atoms with E-state index in [1.54, 1.807) is 4.90 Å². The molecule has 130 valence electrons. The van der Waals surface area contributed by atoms with E-state index in [-0.39, 0.29) is 18.0 Å². The Labute approximate surface area is 145 Å². The molecular weight excluding hydrogens is 318 g/mol. The first-order valence-electron chi connectivity index (χ1n) is 8.60. The fourth-order valence-electron chi connectivity index (χ4n) is 3.66. The number of H-pyrrole nitrogens is 1.